The summed E-state index contributed by atoms with van der Waals surface area (Å²) in [6.45, 7) is -0.917. The Morgan fingerprint density at radius 2 is 2.16 bits per heavy atom. The van der Waals surface area contributed by atoms with Gasteiger partial charge in [-0.15, -0.1) is 0 Å². The third-order valence-electron chi connectivity index (χ3n) is 2.76. The van der Waals surface area contributed by atoms with E-state index in [2.05, 4.69) is 10.3 Å². The average molecular weight is 278 g/mol. The normalized spacial score (nSPS) is 15.8. The van der Waals surface area contributed by atoms with Gasteiger partial charge in [-0.25, -0.2) is 8.78 Å². The summed E-state index contributed by atoms with van der Waals surface area (Å²) in [5.41, 5.74) is 0.583. The fourth-order valence-electron chi connectivity index (χ4n) is 1.47. The quantitative estimate of drug-likeness (QED) is 0.778. The Hall–Kier alpha value is -1.37. The third-order valence-corrected chi connectivity index (χ3v) is 2.76. The number of nitrogens with zero attached hydrogens (tertiary/aromatic N) is 1. The molecular weight excluding hydrogens is 264 g/mol. The van der Waals surface area contributed by atoms with Crippen molar-refractivity contribution in [1.29, 1.82) is 0 Å². The van der Waals surface area contributed by atoms with Crippen molar-refractivity contribution < 1.29 is 22.3 Å². The Labute approximate surface area is 108 Å². The lowest BCUT2D eigenvalue weighted by atomic mass is 10.2. The molecule has 0 spiro atoms. The Kier molecular flexibility index (Phi) is 4.24. The number of alkyl halides is 4. The van der Waals surface area contributed by atoms with Gasteiger partial charge in [0, 0.05) is 30.5 Å². The molecule has 2 rings (SSSR count). The van der Waals surface area contributed by atoms with Crippen LogP contribution in [0.1, 0.15) is 18.4 Å². The molecule has 1 N–H and O–H groups in total. The molecule has 1 heterocycles. The van der Waals surface area contributed by atoms with Crippen molar-refractivity contribution in [2.75, 3.05) is 6.61 Å². The fourth-order valence-corrected chi connectivity index (χ4v) is 1.47. The van der Waals surface area contributed by atoms with Crippen molar-refractivity contribution in [3.8, 4) is 5.75 Å². The van der Waals surface area contributed by atoms with Crippen molar-refractivity contribution in [2.45, 2.75) is 37.8 Å². The number of halogens is 4. The van der Waals surface area contributed by atoms with Gasteiger partial charge in [-0.05, 0) is 18.9 Å². The molecule has 3 nitrogen and oxygen atoms in total. The summed E-state index contributed by atoms with van der Waals surface area (Å²) < 4.78 is 54.4. The van der Waals surface area contributed by atoms with Crippen LogP contribution in [0.4, 0.5) is 17.6 Å². The molecule has 0 radical (unpaired) electrons. The molecular formula is C12H14F4N2O. The molecule has 0 aromatic carbocycles. The molecule has 7 heteroatoms. The minimum absolute atomic E-state index is 0.156. The third kappa shape index (κ3) is 4.05. The summed E-state index contributed by atoms with van der Waals surface area (Å²) in [5.74, 6) is -3.99. The van der Waals surface area contributed by atoms with Crippen molar-refractivity contribution in [2.24, 2.45) is 0 Å². The summed E-state index contributed by atoms with van der Waals surface area (Å²) in [4.78, 5) is 3.87. The maximum Gasteiger partial charge on any atom is 0.340 e. The van der Waals surface area contributed by atoms with E-state index in [0.29, 0.717) is 18.2 Å². The molecule has 0 unspecified atom stereocenters. The predicted octanol–water partition coefficient (Wildman–Crippen LogP) is 2.61. The average Bonchev–Trinajstić information content (AvgIpc) is 3.18. The van der Waals surface area contributed by atoms with Gasteiger partial charge in [-0.1, -0.05) is 0 Å². The van der Waals surface area contributed by atoms with Crippen molar-refractivity contribution in [3.05, 3.63) is 24.0 Å². The molecule has 0 aliphatic heterocycles. The molecule has 1 aliphatic rings. The van der Waals surface area contributed by atoms with Crippen LogP contribution >= 0.6 is 0 Å². The molecule has 1 aliphatic carbocycles. The highest BCUT2D eigenvalue weighted by atomic mass is 19.3. The van der Waals surface area contributed by atoms with E-state index in [-0.39, 0.29) is 5.75 Å². The second-order valence-corrected chi connectivity index (χ2v) is 4.49. The first-order valence-corrected chi connectivity index (χ1v) is 5.94. The summed E-state index contributed by atoms with van der Waals surface area (Å²) in [5, 5.41) is 3.18. The molecule has 1 aromatic heterocycles. The van der Waals surface area contributed by atoms with Gasteiger partial charge in [0.15, 0.2) is 6.61 Å². The van der Waals surface area contributed by atoms with Crippen LogP contribution in [-0.2, 0) is 6.54 Å². The van der Waals surface area contributed by atoms with E-state index in [0.717, 1.165) is 12.8 Å². The molecule has 0 amide bonds. The Balaban J connectivity index is 1.94. The molecule has 1 aromatic rings. The molecule has 0 saturated heterocycles. The number of hydrogen-bond acceptors (Lipinski definition) is 3. The summed E-state index contributed by atoms with van der Waals surface area (Å²) in [7, 11) is 0. The fraction of sp³-hybridized carbons (Fsp3) is 0.583. The number of aromatic nitrogens is 1. The van der Waals surface area contributed by atoms with Crippen LogP contribution in [0.5, 0.6) is 5.75 Å². The zero-order valence-electron chi connectivity index (χ0n) is 10.1. The van der Waals surface area contributed by atoms with E-state index >= 15 is 0 Å². The smallest absolute Gasteiger partial charge is 0.340 e. The zero-order chi connectivity index (χ0) is 13.9. The van der Waals surface area contributed by atoms with Crippen LogP contribution in [0.3, 0.4) is 0 Å². The van der Waals surface area contributed by atoms with Gasteiger partial charge < -0.3 is 10.1 Å². The summed E-state index contributed by atoms with van der Waals surface area (Å²) in [6.07, 6.45) is 1.28. The first kappa shape index (κ1) is 14.0. The van der Waals surface area contributed by atoms with Gasteiger partial charge in [-0.3, -0.25) is 4.98 Å². The van der Waals surface area contributed by atoms with Crippen LogP contribution in [0, 0.1) is 0 Å². The van der Waals surface area contributed by atoms with Crippen LogP contribution in [0.15, 0.2) is 18.5 Å². The van der Waals surface area contributed by atoms with Crippen LogP contribution in [0.25, 0.3) is 0 Å². The number of rotatable bonds is 7. The van der Waals surface area contributed by atoms with E-state index in [1.807, 2.05) is 0 Å². The Morgan fingerprint density at radius 3 is 2.79 bits per heavy atom. The lowest BCUT2D eigenvalue weighted by Gasteiger charge is -2.17. The van der Waals surface area contributed by atoms with E-state index in [1.54, 1.807) is 0 Å². The molecule has 106 valence electrons. The highest BCUT2D eigenvalue weighted by Crippen LogP contribution is 2.26. The maximum absolute atomic E-state index is 12.8. The topological polar surface area (TPSA) is 34.1 Å². The van der Waals surface area contributed by atoms with Crippen molar-refractivity contribution in [1.82, 2.24) is 10.3 Å². The van der Waals surface area contributed by atoms with Gasteiger partial charge in [0.05, 0.1) is 0 Å². The van der Waals surface area contributed by atoms with Crippen LogP contribution < -0.4 is 10.1 Å². The largest absolute Gasteiger partial charge is 0.487 e. The number of nitrogens with one attached hydrogen (secondary N) is 1. The zero-order valence-corrected chi connectivity index (χ0v) is 10.1. The van der Waals surface area contributed by atoms with E-state index in [4.69, 9.17) is 4.74 Å². The monoisotopic (exact) mass is 278 g/mol. The number of ether oxygens (including phenoxy) is 1. The van der Waals surface area contributed by atoms with Gasteiger partial charge in [0.25, 0.3) is 0 Å². The van der Waals surface area contributed by atoms with Gasteiger partial charge >= 0.3 is 12.3 Å². The van der Waals surface area contributed by atoms with E-state index < -0.39 is 19.0 Å². The highest BCUT2D eigenvalue weighted by Gasteiger charge is 2.41. The standard InChI is InChI=1S/C12H14F4N2O/c13-11(14)12(15,16)7-19-10-3-4-17-5-8(10)6-18-9-1-2-9/h3-5,9,11,18H,1-2,6-7H2. The van der Waals surface area contributed by atoms with E-state index in [1.165, 1.54) is 18.5 Å². The minimum atomic E-state index is -4.15. The van der Waals surface area contributed by atoms with Crippen LogP contribution in [0.2, 0.25) is 0 Å². The van der Waals surface area contributed by atoms with Gasteiger partial charge in [0.2, 0.25) is 0 Å². The van der Waals surface area contributed by atoms with Crippen molar-refractivity contribution >= 4 is 0 Å². The van der Waals surface area contributed by atoms with Gasteiger partial charge in [-0.2, -0.15) is 8.78 Å². The Morgan fingerprint density at radius 1 is 1.42 bits per heavy atom. The first-order chi connectivity index (χ1) is 8.99. The lowest BCUT2D eigenvalue weighted by Crippen LogP contribution is -2.34. The second-order valence-electron chi connectivity index (χ2n) is 4.49. The Bertz CT molecular complexity index is 424. The van der Waals surface area contributed by atoms with Crippen LogP contribution in [-0.4, -0.2) is 30.0 Å². The second kappa shape index (κ2) is 5.73. The maximum atomic E-state index is 12.8. The van der Waals surface area contributed by atoms with E-state index in [9.17, 15) is 17.6 Å². The van der Waals surface area contributed by atoms with Gasteiger partial charge in [0.1, 0.15) is 5.75 Å². The summed E-state index contributed by atoms with van der Waals surface area (Å²) in [6, 6.07) is 1.83. The lowest BCUT2D eigenvalue weighted by molar-refractivity contribution is -0.148. The molecule has 1 fully saturated rings. The van der Waals surface area contributed by atoms with Crippen molar-refractivity contribution in [3.63, 3.8) is 0 Å². The summed E-state index contributed by atoms with van der Waals surface area (Å²) >= 11 is 0. The minimum Gasteiger partial charge on any atom is -0.487 e. The molecule has 0 bridgehead atoms. The highest BCUT2D eigenvalue weighted by molar-refractivity contribution is 5.30. The predicted molar refractivity (Wildman–Crippen MR) is 60.5 cm³/mol. The SMILES string of the molecule is FC(F)C(F)(F)COc1ccncc1CNC1CC1. The molecule has 0 atom stereocenters. The molecule has 19 heavy (non-hydrogen) atoms. The first-order valence-electron chi connectivity index (χ1n) is 5.94. The number of pyridine rings is 1. The number of hydrogen-bond donors (Lipinski definition) is 1. The molecule has 1 saturated carbocycles.